The molecule has 15 heteroatoms. The number of nitrogens with one attached hydrogen (secondary N) is 2. The molecular formula is C45H56N2O13. The van der Waals surface area contributed by atoms with Crippen molar-refractivity contribution < 1.29 is 61.8 Å². The van der Waals surface area contributed by atoms with E-state index in [1.54, 1.807) is 19.9 Å². The standard InChI is InChI=1S/C45H56N2O13/c1-6-23-53-44-37(47-30(5)49)41(56-28(3)42(50)52-7-2)39(34(57-44)26-51-24-31-17-11-8-12-18-31)60-45-36(46-29(4)48)40(54-25-32-19-13-9-14-20-32)38-35(58-45)27-55-43(59-38)33-21-15-10-16-22-33/h6,8-22,28,34-41,43-45H,1,7,23-27H2,2-5H3,(H,46,48)(H,47,49)/t28-,34-,35-,36-,37-,38-,39-,40-,41-,43-,44+,45+/m1/s1. The predicted molar refractivity (Wildman–Crippen MR) is 216 cm³/mol. The molecule has 15 nitrogen and oxygen atoms in total. The van der Waals surface area contributed by atoms with E-state index < -0.39 is 85.6 Å². The third-order valence-corrected chi connectivity index (χ3v) is 10.1. The van der Waals surface area contributed by atoms with Gasteiger partial charge in [0.05, 0.1) is 39.6 Å². The van der Waals surface area contributed by atoms with Crippen LogP contribution in [-0.2, 0) is 75.0 Å². The number of carbonyl (C=O) groups excluding carboxylic acids is 3. The van der Waals surface area contributed by atoms with Gasteiger partial charge < -0.3 is 58.0 Å². The molecule has 3 fully saturated rings. The Labute approximate surface area is 350 Å². The molecule has 0 aliphatic carbocycles. The van der Waals surface area contributed by atoms with E-state index in [1.165, 1.54) is 13.8 Å². The first-order valence-corrected chi connectivity index (χ1v) is 20.3. The van der Waals surface area contributed by atoms with Gasteiger partial charge in [-0.1, -0.05) is 97.1 Å². The van der Waals surface area contributed by atoms with Crippen LogP contribution < -0.4 is 10.6 Å². The molecule has 3 aromatic carbocycles. The van der Waals surface area contributed by atoms with Crippen LogP contribution in [0.5, 0.6) is 0 Å². The van der Waals surface area contributed by atoms with Crippen LogP contribution in [0.3, 0.4) is 0 Å². The molecule has 6 rings (SSSR count). The number of esters is 1. The van der Waals surface area contributed by atoms with Gasteiger partial charge in [-0.05, 0) is 25.0 Å². The van der Waals surface area contributed by atoms with Crippen molar-refractivity contribution in [1.29, 1.82) is 0 Å². The first kappa shape index (κ1) is 45.0. The Morgan fingerprint density at radius 2 is 1.40 bits per heavy atom. The van der Waals surface area contributed by atoms with Crippen molar-refractivity contribution in [3.05, 3.63) is 120 Å². The fraction of sp³-hybridized carbons (Fsp3) is 0.489. The fourth-order valence-electron chi connectivity index (χ4n) is 7.45. The van der Waals surface area contributed by atoms with Crippen molar-refractivity contribution in [2.45, 2.75) is 115 Å². The molecule has 3 aliphatic rings. The van der Waals surface area contributed by atoms with Crippen LogP contribution >= 0.6 is 0 Å². The molecular weight excluding hydrogens is 776 g/mol. The van der Waals surface area contributed by atoms with E-state index in [0.717, 1.165) is 16.7 Å². The molecule has 3 saturated heterocycles. The van der Waals surface area contributed by atoms with Crippen LogP contribution in [0.2, 0.25) is 0 Å². The van der Waals surface area contributed by atoms with Gasteiger partial charge in [0, 0.05) is 19.4 Å². The number of rotatable bonds is 19. The Bertz CT molecular complexity index is 1800. The Balaban J connectivity index is 1.38. The number of benzene rings is 3. The van der Waals surface area contributed by atoms with E-state index in [2.05, 4.69) is 17.2 Å². The maximum Gasteiger partial charge on any atom is 0.334 e. The first-order valence-electron chi connectivity index (χ1n) is 20.3. The Morgan fingerprint density at radius 3 is 2.02 bits per heavy atom. The zero-order valence-corrected chi connectivity index (χ0v) is 34.4. The molecule has 324 valence electrons. The van der Waals surface area contributed by atoms with E-state index >= 15 is 0 Å². The largest absolute Gasteiger partial charge is 0.464 e. The zero-order chi connectivity index (χ0) is 42.4. The third-order valence-electron chi connectivity index (χ3n) is 10.1. The van der Waals surface area contributed by atoms with Crippen LogP contribution in [0.15, 0.2) is 104 Å². The molecule has 0 radical (unpaired) electrons. The number of hydrogen-bond donors (Lipinski definition) is 2. The highest BCUT2D eigenvalue weighted by Gasteiger charge is 2.56. The quantitative estimate of drug-likeness (QED) is 0.130. The molecule has 0 aromatic heterocycles. The van der Waals surface area contributed by atoms with Gasteiger partial charge >= 0.3 is 5.97 Å². The normalized spacial score (nSPS) is 29.4. The van der Waals surface area contributed by atoms with Crippen LogP contribution in [-0.4, -0.2) is 112 Å². The Kier molecular flexibility index (Phi) is 16.7. The second-order valence-electron chi connectivity index (χ2n) is 14.7. The van der Waals surface area contributed by atoms with E-state index in [0.29, 0.717) is 0 Å². The minimum atomic E-state index is -1.24. The summed E-state index contributed by atoms with van der Waals surface area (Å²) in [6.45, 7) is 10.4. The lowest BCUT2D eigenvalue weighted by Gasteiger charge is -2.52. The third kappa shape index (κ3) is 12.1. The molecule has 3 aromatic rings. The average molecular weight is 833 g/mol. The second-order valence-corrected chi connectivity index (χ2v) is 14.7. The molecule has 3 heterocycles. The highest BCUT2D eigenvalue weighted by molar-refractivity contribution is 5.74. The number of ether oxygens (including phenoxy) is 10. The highest BCUT2D eigenvalue weighted by atomic mass is 16.8. The van der Waals surface area contributed by atoms with E-state index in [4.69, 9.17) is 47.4 Å². The Hall–Kier alpha value is -4.55. The van der Waals surface area contributed by atoms with Gasteiger partial charge in [0.2, 0.25) is 11.8 Å². The lowest BCUT2D eigenvalue weighted by molar-refractivity contribution is -0.371. The minimum absolute atomic E-state index is 0.0452. The molecule has 0 saturated carbocycles. The molecule has 3 aliphatic heterocycles. The van der Waals surface area contributed by atoms with E-state index in [1.807, 2.05) is 91.0 Å². The molecule has 0 bridgehead atoms. The van der Waals surface area contributed by atoms with Crippen molar-refractivity contribution in [2.75, 3.05) is 26.4 Å². The van der Waals surface area contributed by atoms with Crippen molar-refractivity contribution in [3.8, 4) is 0 Å². The Morgan fingerprint density at radius 1 is 0.783 bits per heavy atom. The van der Waals surface area contributed by atoms with Gasteiger partial charge in [-0.25, -0.2) is 4.79 Å². The number of amides is 2. The topological polar surface area (TPSA) is 168 Å². The summed E-state index contributed by atoms with van der Waals surface area (Å²) in [5, 5.41) is 5.92. The lowest BCUT2D eigenvalue weighted by Crippen LogP contribution is -2.71. The minimum Gasteiger partial charge on any atom is -0.464 e. The summed E-state index contributed by atoms with van der Waals surface area (Å²) in [5.74, 6) is -1.43. The van der Waals surface area contributed by atoms with Crippen LogP contribution in [0.4, 0.5) is 0 Å². The van der Waals surface area contributed by atoms with Gasteiger partial charge in [0.15, 0.2) is 25.0 Å². The number of carbonyl (C=O) groups is 3. The SMILES string of the molecule is C=CCO[C@H]1O[C@H](COCc2ccccc2)[C@@H](O[C@@H]2O[C@@H]3CO[C@@H](c4ccccc4)O[C@H]3[C@H](OCc3ccccc3)[C@H]2NC(C)=O)[C@H](O[C@H](C)C(=O)OCC)[C@H]1NC(C)=O. The van der Waals surface area contributed by atoms with Gasteiger partial charge in [-0.15, -0.1) is 6.58 Å². The zero-order valence-electron chi connectivity index (χ0n) is 34.4. The summed E-state index contributed by atoms with van der Waals surface area (Å²) in [4.78, 5) is 39.0. The molecule has 0 unspecified atom stereocenters. The summed E-state index contributed by atoms with van der Waals surface area (Å²) in [6.07, 6.45) is -8.16. The highest BCUT2D eigenvalue weighted by Crippen LogP contribution is 2.38. The van der Waals surface area contributed by atoms with Crippen molar-refractivity contribution in [1.82, 2.24) is 10.6 Å². The predicted octanol–water partition coefficient (Wildman–Crippen LogP) is 4.29. The first-order chi connectivity index (χ1) is 29.1. The summed E-state index contributed by atoms with van der Waals surface area (Å²) in [7, 11) is 0. The molecule has 12 atom stereocenters. The van der Waals surface area contributed by atoms with Crippen LogP contribution in [0.25, 0.3) is 0 Å². The van der Waals surface area contributed by atoms with Gasteiger partial charge in [-0.2, -0.15) is 0 Å². The maximum atomic E-state index is 13.1. The summed E-state index contributed by atoms with van der Waals surface area (Å²) < 4.78 is 63.9. The number of fused-ring (bicyclic) bond motifs is 1. The summed E-state index contributed by atoms with van der Waals surface area (Å²) in [5.41, 5.74) is 2.62. The average Bonchev–Trinajstić information content (AvgIpc) is 3.25. The fourth-order valence-corrected chi connectivity index (χ4v) is 7.45. The van der Waals surface area contributed by atoms with Gasteiger partial charge in [0.25, 0.3) is 0 Å². The maximum absolute atomic E-state index is 13.1. The molecule has 0 spiro atoms. The van der Waals surface area contributed by atoms with Crippen molar-refractivity contribution >= 4 is 17.8 Å². The smallest absolute Gasteiger partial charge is 0.334 e. The van der Waals surface area contributed by atoms with Crippen molar-refractivity contribution in [2.24, 2.45) is 0 Å². The van der Waals surface area contributed by atoms with Gasteiger partial charge in [0.1, 0.15) is 48.7 Å². The summed E-state index contributed by atoms with van der Waals surface area (Å²) in [6, 6.07) is 26.7. The monoisotopic (exact) mass is 832 g/mol. The number of hydrogen-bond acceptors (Lipinski definition) is 13. The van der Waals surface area contributed by atoms with Crippen LogP contribution in [0.1, 0.15) is 50.7 Å². The van der Waals surface area contributed by atoms with Crippen molar-refractivity contribution in [3.63, 3.8) is 0 Å². The van der Waals surface area contributed by atoms with Gasteiger partial charge in [-0.3, -0.25) is 9.59 Å². The molecule has 2 N–H and O–H groups in total. The lowest BCUT2D eigenvalue weighted by atomic mass is 9.93. The van der Waals surface area contributed by atoms with E-state index in [-0.39, 0.29) is 45.5 Å². The summed E-state index contributed by atoms with van der Waals surface area (Å²) >= 11 is 0. The molecule has 60 heavy (non-hydrogen) atoms. The van der Waals surface area contributed by atoms with E-state index in [9.17, 15) is 14.4 Å². The second kappa shape index (κ2) is 22.3. The van der Waals surface area contributed by atoms with Crippen LogP contribution in [0, 0.1) is 0 Å². The molecule has 2 amide bonds.